The molecule has 0 aliphatic carbocycles. The molecule has 2 N–H and O–H groups in total. The largest absolute Gasteiger partial charge is 0.352 e. The lowest BCUT2D eigenvalue weighted by Gasteiger charge is -2.32. The molecule has 7 nitrogen and oxygen atoms in total. The molecule has 2 aromatic carbocycles. The standard InChI is InChI=1S/C21H25N3O4S/c1-29(27,28)23-19-11-9-17(10-12-19)21(26)24-13-5-8-18(15-24)20(25)22-14-16-6-3-2-4-7-16/h2-4,6-7,9-12,18,23H,5,8,13-15H2,1H3,(H,22,25)/t18-/m0/s1. The molecule has 0 aromatic heterocycles. The molecule has 0 unspecified atom stereocenters. The number of hydrogen-bond acceptors (Lipinski definition) is 4. The number of nitrogens with zero attached hydrogens (tertiary/aromatic N) is 1. The summed E-state index contributed by atoms with van der Waals surface area (Å²) in [7, 11) is -3.36. The van der Waals surface area contributed by atoms with E-state index in [4.69, 9.17) is 0 Å². The second-order valence-electron chi connectivity index (χ2n) is 7.25. The minimum atomic E-state index is -3.36. The molecule has 3 rings (SSSR count). The van der Waals surface area contributed by atoms with Crippen LogP contribution in [0, 0.1) is 5.92 Å². The Morgan fingerprint density at radius 2 is 1.76 bits per heavy atom. The van der Waals surface area contributed by atoms with Gasteiger partial charge in [-0.05, 0) is 42.7 Å². The summed E-state index contributed by atoms with van der Waals surface area (Å²) in [5, 5.41) is 2.96. The first-order valence-electron chi connectivity index (χ1n) is 9.50. The van der Waals surface area contributed by atoms with Gasteiger partial charge in [0.1, 0.15) is 0 Å². The van der Waals surface area contributed by atoms with E-state index in [9.17, 15) is 18.0 Å². The first-order chi connectivity index (χ1) is 13.8. The Bertz CT molecular complexity index is 959. The number of carbonyl (C=O) groups is 2. The van der Waals surface area contributed by atoms with E-state index in [1.54, 1.807) is 29.2 Å². The number of piperidine rings is 1. The highest BCUT2D eigenvalue weighted by Crippen LogP contribution is 2.20. The van der Waals surface area contributed by atoms with E-state index in [-0.39, 0.29) is 17.7 Å². The van der Waals surface area contributed by atoms with E-state index in [0.29, 0.717) is 30.9 Å². The van der Waals surface area contributed by atoms with Crippen LogP contribution in [0.3, 0.4) is 0 Å². The molecule has 0 bridgehead atoms. The predicted octanol–water partition coefficient (Wildman–Crippen LogP) is 2.23. The highest BCUT2D eigenvalue weighted by Gasteiger charge is 2.28. The van der Waals surface area contributed by atoms with Crippen LogP contribution < -0.4 is 10.0 Å². The Morgan fingerprint density at radius 3 is 2.41 bits per heavy atom. The molecule has 0 radical (unpaired) electrons. The Morgan fingerprint density at radius 1 is 1.07 bits per heavy atom. The summed E-state index contributed by atoms with van der Waals surface area (Å²) in [6.45, 7) is 1.45. The van der Waals surface area contributed by atoms with Gasteiger partial charge in [0.2, 0.25) is 15.9 Å². The summed E-state index contributed by atoms with van der Waals surface area (Å²) in [5.41, 5.74) is 1.91. The van der Waals surface area contributed by atoms with Gasteiger partial charge in [-0.2, -0.15) is 0 Å². The molecule has 154 valence electrons. The fraction of sp³-hybridized carbons (Fsp3) is 0.333. The van der Waals surface area contributed by atoms with E-state index >= 15 is 0 Å². The molecule has 1 atom stereocenters. The van der Waals surface area contributed by atoms with Crippen LogP contribution in [0.1, 0.15) is 28.8 Å². The maximum atomic E-state index is 12.8. The molecule has 1 saturated heterocycles. The fourth-order valence-corrected chi connectivity index (χ4v) is 3.95. The number of carbonyl (C=O) groups excluding carboxylic acids is 2. The van der Waals surface area contributed by atoms with E-state index in [0.717, 1.165) is 24.7 Å². The molecular formula is C21H25N3O4S. The van der Waals surface area contributed by atoms with Crippen molar-refractivity contribution in [1.82, 2.24) is 10.2 Å². The van der Waals surface area contributed by atoms with Gasteiger partial charge in [0.15, 0.2) is 0 Å². The van der Waals surface area contributed by atoms with Crippen molar-refractivity contribution in [3.8, 4) is 0 Å². The molecule has 1 fully saturated rings. The lowest BCUT2D eigenvalue weighted by Crippen LogP contribution is -2.45. The summed E-state index contributed by atoms with van der Waals surface area (Å²) in [6.07, 6.45) is 2.59. The quantitative estimate of drug-likeness (QED) is 0.756. The maximum Gasteiger partial charge on any atom is 0.253 e. The van der Waals surface area contributed by atoms with Gasteiger partial charge in [0, 0.05) is 30.9 Å². The van der Waals surface area contributed by atoms with Crippen molar-refractivity contribution in [3.05, 3.63) is 65.7 Å². The van der Waals surface area contributed by atoms with Crippen LogP contribution in [0.25, 0.3) is 0 Å². The number of nitrogens with one attached hydrogen (secondary N) is 2. The van der Waals surface area contributed by atoms with Gasteiger partial charge in [-0.3, -0.25) is 14.3 Å². The van der Waals surface area contributed by atoms with Crippen LogP contribution in [0.15, 0.2) is 54.6 Å². The normalized spacial score (nSPS) is 16.9. The van der Waals surface area contributed by atoms with E-state index < -0.39 is 10.0 Å². The number of anilines is 1. The first kappa shape index (κ1) is 20.9. The Kier molecular flexibility index (Phi) is 6.53. The minimum absolute atomic E-state index is 0.0425. The summed E-state index contributed by atoms with van der Waals surface area (Å²) in [6, 6.07) is 16.0. The molecule has 1 heterocycles. The Labute approximate surface area is 171 Å². The molecule has 0 saturated carbocycles. The average molecular weight is 416 g/mol. The van der Waals surface area contributed by atoms with Gasteiger partial charge in [-0.1, -0.05) is 30.3 Å². The number of hydrogen-bond donors (Lipinski definition) is 2. The van der Waals surface area contributed by atoms with Crippen molar-refractivity contribution in [1.29, 1.82) is 0 Å². The second-order valence-corrected chi connectivity index (χ2v) is 8.99. The van der Waals surface area contributed by atoms with E-state index in [1.165, 1.54) is 0 Å². The fourth-order valence-electron chi connectivity index (χ4n) is 3.38. The monoisotopic (exact) mass is 415 g/mol. The van der Waals surface area contributed by atoms with Gasteiger partial charge < -0.3 is 10.2 Å². The highest BCUT2D eigenvalue weighted by atomic mass is 32.2. The highest BCUT2D eigenvalue weighted by molar-refractivity contribution is 7.92. The lowest BCUT2D eigenvalue weighted by atomic mass is 9.96. The molecule has 1 aliphatic heterocycles. The van der Waals surface area contributed by atoms with Gasteiger partial charge in [-0.15, -0.1) is 0 Å². The van der Waals surface area contributed by atoms with Crippen LogP contribution in [0.4, 0.5) is 5.69 Å². The Balaban J connectivity index is 1.58. The van der Waals surface area contributed by atoms with Crippen molar-refractivity contribution in [2.45, 2.75) is 19.4 Å². The third-order valence-electron chi connectivity index (χ3n) is 4.82. The zero-order valence-electron chi connectivity index (χ0n) is 16.3. The molecule has 1 aliphatic rings. The number of amides is 2. The number of likely N-dealkylation sites (tertiary alicyclic amines) is 1. The zero-order chi connectivity index (χ0) is 20.9. The van der Waals surface area contributed by atoms with Crippen molar-refractivity contribution in [2.75, 3.05) is 24.1 Å². The molecule has 8 heteroatoms. The summed E-state index contributed by atoms with van der Waals surface area (Å²) >= 11 is 0. The number of sulfonamides is 1. The average Bonchev–Trinajstić information content (AvgIpc) is 2.72. The van der Waals surface area contributed by atoms with E-state index in [1.807, 2.05) is 30.3 Å². The van der Waals surface area contributed by atoms with Crippen LogP contribution in [-0.2, 0) is 21.4 Å². The van der Waals surface area contributed by atoms with Crippen molar-refractivity contribution < 1.29 is 18.0 Å². The number of rotatable bonds is 6. The SMILES string of the molecule is CS(=O)(=O)Nc1ccc(C(=O)N2CCC[C@H](C(=O)NCc3ccccc3)C2)cc1. The van der Waals surface area contributed by atoms with Crippen molar-refractivity contribution in [3.63, 3.8) is 0 Å². The van der Waals surface area contributed by atoms with Crippen molar-refractivity contribution in [2.24, 2.45) is 5.92 Å². The van der Waals surface area contributed by atoms with Gasteiger partial charge >= 0.3 is 0 Å². The summed E-state index contributed by atoms with van der Waals surface area (Å²) in [4.78, 5) is 27.0. The van der Waals surface area contributed by atoms with Crippen LogP contribution in [-0.4, -0.2) is 44.5 Å². The second kappa shape index (κ2) is 9.09. The third-order valence-corrected chi connectivity index (χ3v) is 5.43. The van der Waals surface area contributed by atoms with Crippen molar-refractivity contribution >= 4 is 27.5 Å². The van der Waals surface area contributed by atoms with Crippen LogP contribution in [0.5, 0.6) is 0 Å². The van der Waals surface area contributed by atoms with Crippen LogP contribution in [0.2, 0.25) is 0 Å². The molecule has 0 spiro atoms. The zero-order valence-corrected chi connectivity index (χ0v) is 17.1. The maximum absolute atomic E-state index is 12.8. The first-order valence-corrected chi connectivity index (χ1v) is 11.4. The molecular weight excluding hydrogens is 390 g/mol. The molecule has 2 amide bonds. The topological polar surface area (TPSA) is 95.6 Å². The number of benzene rings is 2. The lowest BCUT2D eigenvalue weighted by molar-refractivity contribution is -0.126. The van der Waals surface area contributed by atoms with Gasteiger partial charge in [0.05, 0.1) is 12.2 Å². The van der Waals surface area contributed by atoms with Gasteiger partial charge in [-0.25, -0.2) is 8.42 Å². The van der Waals surface area contributed by atoms with Crippen LogP contribution >= 0.6 is 0 Å². The molecule has 2 aromatic rings. The third kappa shape index (κ3) is 6.05. The smallest absolute Gasteiger partial charge is 0.253 e. The molecule has 29 heavy (non-hydrogen) atoms. The van der Waals surface area contributed by atoms with E-state index in [2.05, 4.69) is 10.0 Å². The predicted molar refractivity (Wildman–Crippen MR) is 112 cm³/mol. The minimum Gasteiger partial charge on any atom is -0.352 e. The Hall–Kier alpha value is -2.87. The summed E-state index contributed by atoms with van der Waals surface area (Å²) in [5.74, 6) is -0.432. The van der Waals surface area contributed by atoms with Gasteiger partial charge in [0.25, 0.3) is 5.91 Å². The summed E-state index contributed by atoms with van der Waals surface area (Å²) < 4.78 is 24.9.